The number of piperazine rings is 1. The van der Waals surface area contributed by atoms with Gasteiger partial charge >= 0.3 is 0 Å². The average molecular weight is 565 g/mol. The van der Waals surface area contributed by atoms with Gasteiger partial charge in [-0.1, -0.05) is 67.6 Å². The van der Waals surface area contributed by atoms with Crippen LogP contribution >= 0.6 is 0 Å². The number of carbonyl (C=O) groups excluding carboxylic acids is 3. The van der Waals surface area contributed by atoms with Crippen LogP contribution in [0.3, 0.4) is 0 Å². The summed E-state index contributed by atoms with van der Waals surface area (Å²) < 4.78 is 5.22. The third kappa shape index (κ3) is 6.54. The number of hydrogen-bond donors (Lipinski definition) is 1. The van der Waals surface area contributed by atoms with Crippen LogP contribution < -0.4 is 10.2 Å². The summed E-state index contributed by atoms with van der Waals surface area (Å²) in [4.78, 5) is 45.7. The molecule has 3 aromatic carbocycles. The maximum absolute atomic E-state index is 13.8. The Kier molecular flexibility index (Phi) is 9.02. The predicted molar refractivity (Wildman–Crippen MR) is 164 cm³/mol. The first-order chi connectivity index (χ1) is 20.4. The molecule has 5 rings (SSSR count). The zero-order valence-electron chi connectivity index (χ0n) is 24.0. The minimum Gasteiger partial charge on any atom is -0.459 e. The van der Waals surface area contributed by atoms with Gasteiger partial charge in [0.05, 0.1) is 17.7 Å². The van der Waals surface area contributed by atoms with Crippen LogP contribution in [0.5, 0.6) is 0 Å². The first-order valence-corrected chi connectivity index (χ1v) is 14.3. The summed E-state index contributed by atoms with van der Waals surface area (Å²) in [6.07, 6.45) is 2.18. The molecule has 216 valence electrons. The Labute approximate surface area is 246 Å². The second kappa shape index (κ2) is 13.2. The zero-order valence-corrected chi connectivity index (χ0v) is 24.0. The lowest BCUT2D eigenvalue weighted by molar-refractivity contribution is -0.133. The van der Waals surface area contributed by atoms with E-state index in [1.807, 2.05) is 78.6 Å². The Morgan fingerprint density at radius 3 is 2.21 bits per heavy atom. The van der Waals surface area contributed by atoms with Crippen molar-refractivity contribution < 1.29 is 18.8 Å². The van der Waals surface area contributed by atoms with E-state index in [-0.39, 0.29) is 29.4 Å². The van der Waals surface area contributed by atoms with Crippen molar-refractivity contribution in [1.82, 2.24) is 9.80 Å². The van der Waals surface area contributed by atoms with Crippen LogP contribution in [-0.2, 0) is 11.3 Å². The fourth-order valence-electron chi connectivity index (χ4n) is 5.42. The highest BCUT2D eigenvalue weighted by molar-refractivity contribution is 6.05. The monoisotopic (exact) mass is 564 g/mol. The van der Waals surface area contributed by atoms with Crippen molar-refractivity contribution in [2.24, 2.45) is 0 Å². The molecule has 0 saturated carbocycles. The van der Waals surface area contributed by atoms with Crippen LogP contribution in [0, 0.1) is 0 Å². The summed E-state index contributed by atoms with van der Waals surface area (Å²) in [5, 5.41) is 2.84. The van der Waals surface area contributed by atoms with E-state index in [1.165, 1.54) is 6.26 Å². The Morgan fingerprint density at radius 1 is 0.881 bits per heavy atom. The van der Waals surface area contributed by atoms with Crippen LogP contribution in [-0.4, -0.2) is 60.7 Å². The van der Waals surface area contributed by atoms with Gasteiger partial charge in [0.2, 0.25) is 5.91 Å². The Hall–Kier alpha value is -4.85. The van der Waals surface area contributed by atoms with Gasteiger partial charge in [0.15, 0.2) is 5.76 Å². The fraction of sp³-hybridized carbons (Fsp3) is 0.265. The van der Waals surface area contributed by atoms with Gasteiger partial charge in [0.25, 0.3) is 11.8 Å². The molecule has 1 atom stereocenters. The number of rotatable bonds is 9. The number of furan rings is 1. The lowest BCUT2D eigenvalue weighted by Crippen LogP contribution is -2.50. The lowest BCUT2D eigenvalue weighted by atomic mass is 9.94. The Bertz CT molecular complexity index is 1500. The molecule has 2 heterocycles. The third-order valence-corrected chi connectivity index (χ3v) is 7.68. The Morgan fingerprint density at radius 2 is 1.57 bits per heavy atom. The lowest BCUT2D eigenvalue weighted by Gasteiger charge is -2.38. The van der Waals surface area contributed by atoms with Crippen LogP contribution in [0.2, 0.25) is 0 Å². The molecule has 0 aliphatic carbocycles. The van der Waals surface area contributed by atoms with Gasteiger partial charge in [-0.25, -0.2) is 0 Å². The number of amides is 3. The standard InChI is InChI=1S/C34H36N4O4/c1-3-28(26-13-8-5-9-14-26)34(41)38-20-18-37(19-21-38)30-17-16-27(35-32(39)31-15-10-22-42-31)23-29(30)33(40)36(2)24-25-11-6-4-7-12-25/h4-17,22-23,28H,3,18-21,24H2,1-2H3,(H,35,39)/t28-/m0/s1. The molecule has 1 fully saturated rings. The van der Waals surface area contributed by atoms with Crippen LogP contribution in [0.25, 0.3) is 0 Å². The maximum atomic E-state index is 13.8. The maximum Gasteiger partial charge on any atom is 0.291 e. The van der Waals surface area contributed by atoms with Crippen molar-refractivity contribution in [3.05, 3.63) is 120 Å². The molecule has 4 aromatic rings. The van der Waals surface area contributed by atoms with Gasteiger partial charge in [-0.05, 0) is 47.9 Å². The minimum absolute atomic E-state index is 0.137. The van der Waals surface area contributed by atoms with E-state index < -0.39 is 0 Å². The fourth-order valence-corrected chi connectivity index (χ4v) is 5.42. The normalized spacial score (nSPS) is 13.9. The molecule has 42 heavy (non-hydrogen) atoms. The van der Waals surface area contributed by atoms with E-state index in [9.17, 15) is 14.4 Å². The van der Waals surface area contributed by atoms with Gasteiger partial charge < -0.3 is 24.4 Å². The minimum atomic E-state index is -0.389. The van der Waals surface area contributed by atoms with Crippen molar-refractivity contribution >= 4 is 29.1 Å². The smallest absolute Gasteiger partial charge is 0.291 e. The zero-order chi connectivity index (χ0) is 29.5. The quantitative estimate of drug-likeness (QED) is 0.284. The topological polar surface area (TPSA) is 86.1 Å². The van der Waals surface area contributed by atoms with Gasteiger partial charge in [0, 0.05) is 51.1 Å². The summed E-state index contributed by atoms with van der Waals surface area (Å²) in [6.45, 7) is 4.80. The van der Waals surface area contributed by atoms with Crippen molar-refractivity contribution in [2.45, 2.75) is 25.8 Å². The molecule has 1 aliphatic heterocycles. The largest absolute Gasteiger partial charge is 0.459 e. The van der Waals surface area contributed by atoms with Crippen molar-refractivity contribution in [2.75, 3.05) is 43.4 Å². The van der Waals surface area contributed by atoms with E-state index in [1.54, 1.807) is 36.2 Å². The SMILES string of the molecule is CC[C@H](C(=O)N1CCN(c2ccc(NC(=O)c3ccco3)cc2C(=O)N(C)Cc2ccccc2)CC1)c1ccccc1. The molecule has 1 N–H and O–H groups in total. The molecule has 1 saturated heterocycles. The summed E-state index contributed by atoms with van der Waals surface area (Å²) in [6, 6.07) is 28.4. The summed E-state index contributed by atoms with van der Waals surface area (Å²) in [7, 11) is 1.78. The number of benzene rings is 3. The van der Waals surface area contributed by atoms with Gasteiger partial charge in [-0.3, -0.25) is 14.4 Å². The van der Waals surface area contributed by atoms with Crippen molar-refractivity contribution in [3.8, 4) is 0 Å². The van der Waals surface area contributed by atoms with E-state index in [4.69, 9.17) is 4.42 Å². The second-order valence-corrected chi connectivity index (χ2v) is 10.5. The Balaban J connectivity index is 1.35. The molecular formula is C34H36N4O4. The highest BCUT2D eigenvalue weighted by Gasteiger charge is 2.29. The van der Waals surface area contributed by atoms with E-state index in [2.05, 4.69) is 10.2 Å². The molecule has 0 unspecified atom stereocenters. The van der Waals surface area contributed by atoms with Crippen molar-refractivity contribution in [3.63, 3.8) is 0 Å². The summed E-state index contributed by atoms with van der Waals surface area (Å²) in [5.74, 6) is -0.386. The van der Waals surface area contributed by atoms with E-state index in [0.29, 0.717) is 44.0 Å². The second-order valence-electron chi connectivity index (χ2n) is 10.5. The molecule has 3 amide bonds. The first kappa shape index (κ1) is 28.7. The van der Waals surface area contributed by atoms with Gasteiger partial charge in [-0.2, -0.15) is 0 Å². The van der Waals surface area contributed by atoms with Crippen molar-refractivity contribution in [1.29, 1.82) is 0 Å². The molecule has 1 aromatic heterocycles. The van der Waals surface area contributed by atoms with Crippen LogP contribution in [0.1, 0.15) is 51.3 Å². The highest BCUT2D eigenvalue weighted by Crippen LogP contribution is 2.29. The van der Waals surface area contributed by atoms with Gasteiger partial charge in [-0.15, -0.1) is 0 Å². The number of hydrogen-bond acceptors (Lipinski definition) is 5. The highest BCUT2D eigenvalue weighted by atomic mass is 16.3. The predicted octanol–water partition coefficient (Wildman–Crippen LogP) is 5.65. The van der Waals surface area contributed by atoms with E-state index >= 15 is 0 Å². The first-order valence-electron chi connectivity index (χ1n) is 14.3. The summed E-state index contributed by atoms with van der Waals surface area (Å²) >= 11 is 0. The summed E-state index contributed by atoms with van der Waals surface area (Å²) in [5.41, 5.74) is 3.82. The van der Waals surface area contributed by atoms with Crippen LogP contribution in [0.4, 0.5) is 11.4 Å². The van der Waals surface area contributed by atoms with Crippen LogP contribution in [0.15, 0.2) is 102 Å². The third-order valence-electron chi connectivity index (χ3n) is 7.68. The molecule has 0 radical (unpaired) electrons. The van der Waals surface area contributed by atoms with E-state index in [0.717, 1.165) is 23.2 Å². The molecular weight excluding hydrogens is 528 g/mol. The number of nitrogens with zero attached hydrogens (tertiary/aromatic N) is 3. The average Bonchev–Trinajstić information content (AvgIpc) is 3.58. The molecule has 0 spiro atoms. The number of carbonyl (C=O) groups is 3. The number of nitrogens with one attached hydrogen (secondary N) is 1. The number of anilines is 2. The molecule has 8 nitrogen and oxygen atoms in total. The van der Waals surface area contributed by atoms with Gasteiger partial charge in [0.1, 0.15) is 0 Å². The molecule has 8 heteroatoms. The molecule has 0 bridgehead atoms. The molecule has 1 aliphatic rings.